The maximum Gasteiger partial charge on any atom is 0.350 e. The standard InChI is InChI=1S/C29H30ClN11O13S2/c1-28(2,22(47)48)54-36-15(12-9-55-24(31)32-12)19(45)33-16-20(46)38-10-29(23(49)50,56-21(16)38)39-6-8-41(27(39)53)35-25(51)37-5-7-40(26(37)52)34-18(44)11-3-4-13(42)17(43)14(11)30/h3-4,9,16,21,42-43H,5-8,10H2,1-2H3,(H2,31,32)(H,33,45)(H,34,44)(H,35,51)(H,47,48)(H,49,50)/b36-15-/t16?,21-,29?/m1/s1. The number of hydrogen-bond donors (Lipinski definition) is 8. The number of phenolic OH excluding ortho intramolecular Hbond substituents is 2. The van der Waals surface area contributed by atoms with Crippen molar-refractivity contribution in [3.8, 4) is 11.5 Å². The van der Waals surface area contributed by atoms with Gasteiger partial charge in [0.15, 0.2) is 22.3 Å². The number of anilines is 1. The third kappa shape index (κ3) is 6.80. The Morgan fingerprint density at radius 1 is 1.04 bits per heavy atom. The number of amides is 9. The summed E-state index contributed by atoms with van der Waals surface area (Å²) in [4.78, 5) is 113. The topological polar surface area (TPSA) is 330 Å². The van der Waals surface area contributed by atoms with Crippen LogP contribution in [0.15, 0.2) is 22.7 Å². The van der Waals surface area contributed by atoms with Crippen LogP contribution in [-0.2, 0) is 24.0 Å². The number of urea groups is 3. The van der Waals surface area contributed by atoms with E-state index in [1.54, 1.807) is 0 Å². The minimum Gasteiger partial charge on any atom is -0.504 e. The predicted molar refractivity (Wildman–Crippen MR) is 190 cm³/mol. The number of thioether (sulfide) groups is 1. The van der Waals surface area contributed by atoms with E-state index in [1.807, 2.05) is 0 Å². The number of oxime groups is 1. The van der Waals surface area contributed by atoms with Gasteiger partial charge in [-0.15, -0.1) is 11.3 Å². The summed E-state index contributed by atoms with van der Waals surface area (Å²) < 4.78 is 0. The second-order valence-electron chi connectivity index (χ2n) is 12.8. The second-order valence-corrected chi connectivity index (χ2v) is 15.4. The van der Waals surface area contributed by atoms with Crippen LogP contribution in [0.3, 0.4) is 0 Å². The highest BCUT2D eigenvalue weighted by molar-refractivity contribution is 8.02. The fourth-order valence-electron chi connectivity index (χ4n) is 5.71. The zero-order chi connectivity index (χ0) is 41.0. The average molecular weight is 840 g/mol. The van der Waals surface area contributed by atoms with E-state index in [2.05, 4.69) is 26.3 Å². The Labute approximate surface area is 326 Å². The highest BCUT2D eigenvalue weighted by Gasteiger charge is 2.66. The number of aromatic hydroxyl groups is 2. The van der Waals surface area contributed by atoms with Gasteiger partial charge in [-0.2, -0.15) is 0 Å². The van der Waals surface area contributed by atoms with E-state index in [1.165, 1.54) is 19.2 Å². The van der Waals surface area contributed by atoms with Crippen molar-refractivity contribution >= 4 is 93.3 Å². The zero-order valence-corrected chi connectivity index (χ0v) is 31.2. The van der Waals surface area contributed by atoms with E-state index in [9.17, 15) is 58.8 Å². The molecule has 1 aromatic carbocycles. The first-order chi connectivity index (χ1) is 26.3. The summed E-state index contributed by atoms with van der Waals surface area (Å²) >= 11 is 7.54. The lowest BCUT2D eigenvalue weighted by Gasteiger charge is -2.41. The highest BCUT2D eigenvalue weighted by atomic mass is 35.5. The van der Waals surface area contributed by atoms with Gasteiger partial charge in [0.25, 0.3) is 11.8 Å². The lowest BCUT2D eigenvalue weighted by atomic mass is 10.1. The second kappa shape index (κ2) is 14.4. The van der Waals surface area contributed by atoms with Crippen LogP contribution in [0.1, 0.15) is 29.9 Å². The van der Waals surface area contributed by atoms with Crippen LogP contribution in [-0.4, -0.2) is 158 Å². The number of nitrogen functional groups attached to an aromatic ring is 1. The molecular weight excluding hydrogens is 810 g/mol. The number of carbonyl (C=O) groups is 8. The molecule has 4 fully saturated rings. The van der Waals surface area contributed by atoms with Gasteiger partial charge in [0.05, 0.1) is 36.8 Å². The molecule has 4 aliphatic rings. The van der Waals surface area contributed by atoms with Crippen LogP contribution in [0.5, 0.6) is 11.5 Å². The molecule has 27 heteroatoms. The highest BCUT2D eigenvalue weighted by Crippen LogP contribution is 2.49. The molecule has 0 spiro atoms. The van der Waals surface area contributed by atoms with Crippen LogP contribution in [0.25, 0.3) is 0 Å². The molecular formula is C29H30ClN11O13S2. The number of imide groups is 1. The van der Waals surface area contributed by atoms with Gasteiger partial charge in [0.2, 0.25) is 16.4 Å². The molecule has 9 N–H and O–H groups in total. The van der Waals surface area contributed by atoms with Gasteiger partial charge in [-0.3, -0.25) is 24.7 Å². The predicted octanol–water partition coefficient (Wildman–Crippen LogP) is -1.00. The van der Waals surface area contributed by atoms with Crippen molar-refractivity contribution < 1.29 is 63.6 Å². The number of fused-ring (bicyclic) bond motifs is 1. The molecule has 2 aromatic rings. The summed E-state index contributed by atoms with van der Waals surface area (Å²) in [6, 6.07) is -2.31. The summed E-state index contributed by atoms with van der Waals surface area (Å²) in [6.07, 6.45) is 0. The molecule has 0 radical (unpaired) electrons. The molecule has 0 saturated carbocycles. The first-order valence-electron chi connectivity index (χ1n) is 16.0. The molecule has 56 heavy (non-hydrogen) atoms. The summed E-state index contributed by atoms with van der Waals surface area (Å²) in [5.74, 6) is -6.92. The molecule has 6 rings (SSSR count). The minimum atomic E-state index is -2.08. The van der Waals surface area contributed by atoms with Crippen LogP contribution in [0, 0.1) is 0 Å². The Hall–Kier alpha value is -6.28. The van der Waals surface area contributed by atoms with Crippen LogP contribution in [0.2, 0.25) is 5.02 Å². The largest absolute Gasteiger partial charge is 0.504 e. The molecule has 1 aromatic heterocycles. The molecule has 0 aliphatic carbocycles. The Morgan fingerprint density at radius 2 is 1.71 bits per heavy atom. The number of carboxylic acid groups (broad SMARTS) is 2. The zero-order valence-electron chi connectivity index (χ0n) is 28.8. The first kappa shape index (κ1) is 39.4. The van der Waals surface area contributed by atoms with E-state index in [0.717, 1.165) is 43.3 Å². The molecule has 5 heterocycles. The van der Waals surface area contributed by atoms with Crippen molar-refractivity contribution in [2.75, 3.05) is 38.5 Å². The number of hydrogen-bond acceptors (Lipinski definition) is 16. The number of aliphatic carboxylic acids is 2. The third-order valence-corrected chi connectivity index (χ3v) is 11.6. The number of hydrazine groups is 2. The Bertz CT molecular complexity index is 2120. The Kier molecular flexibility index (Phi) is 10.1. The number of halogens is 1. The number of benzene rings is 1. The number of carbonyl (C=O) groups excluding carboxylic acids is 6. The molecule has 24 nitrogen and oxygen atoms in total. The minimum absolute atomic E-state index is 0.0415. The number of aromatic nitrogens is 1. The van der Waals surface area contributed by atoms with E-state index < -0.39 is 98.4 Å². The monoisotopic (exact) mass is 839 g/mol. The van der Waals surface area contributed by atoms with Crippen molar-refractivity contribution in [3.63, 3.8) is 0 Å². The van der Waals surface area contributed by atoms with Gasteiger partial charge in [0.1, 0.15) is 17.1 Å². The number of rotatable bonds is 11. The fourth-order valence-corrected chi connectivity index (χ4v) is 8.14. The molecule has 3 atom stereocenters. The number of thiazole rings is 1. The number of carboxylic acids is 2. The molecule has 4 saturated heterocycles. The SMILES string of the molecule is CC(C)(O/N=C(\C(=O)NC1C(=O)N2CC(C(=O)O)(N3CCN(NC(=O)N4CCN(NC(=O)c5ccc(O)c(O)c5Cl)C4=O)C3=O)S[C@H]12)c1csc(N)n1)C(=O)O. The van der Waals surface area contributed by atoms with Gasteiger partial charge in [-0.05, 0) is 26.0 Å². The number of nitrogens with two attached hydrogens (primary N) is 1. The fraction of sp³-hybridized carbons (Fsp3) is 0.379. The van der Waals surface area contributed by atoms with E-state index in [-0.39, 0.29) is 42.6 Å². The van der Waals surface area contributed by atoms with Crippen molar-refractivity contribution in [2.45, 2.75) is 35.7 Å². The smallest absolute Gasteiger partial charge is 0.350 e. The molecule has 298 valence electrons. The van der Waals surface area contributed by atoms with Crippen molar-refractivity contribution in [3.05, 3.63) is 33.8 Å². The molecule has 2 unspecified atom stereocenters. The van der Waals surface area contributed by atoms with Crippen molar-refractivity contribution in [1.82, 2.24) is 45.9 Å². The number of nitrogens with zero attached hydrogens (tertiary/aromatic N) is 7. The van der Waals surface area contributed by atoms with Gasteiger partial charge in [0, 0.05) is 11.9 Å². The van der Waals surface area contributed by atoms with Crippen LogP contribution < -0.4 is 21.9 Å². The molecule has 4 aliphatic heterocycles. The van der Waals surface area contributed by atoms with Crippen molar-refractivity contribution in [1.29, 1.82) is 0 Å². The van der Waals surface area contributed by atoms with Crippen LogP contribution >= 0.6 is 34.7 Å². The quantitative estimate of drug-likeness (QED) is 0.0582. The maximum atomic E-state index is 13.6. The van der Waals surface area contributed by atoms with Crippen LogP contribution in [0.4, 0.5) is 19.5 Å². The normalized spacial score (nSPS) is 22.2. The molecule has 9 amide bonds. The first-order valence-corrected chi connectivity index (χ1v) is 18.1. The van der Waals surface area contributed by atoms with Gasteiger partial charge < -0.3 is 41.2 Å². The average Bonchev–Trinajstić information content (AvgIpc) is 3.92. The Balaban J connectivity index is 1.10. The third-order valence-electron chi connectivity index (χ3n) is 8.83. The summed E-state index contributed by atoms with van der Waals surface area (Å²) in [5, 5.41) is 46.8. The van der Waals surface area contributed by atoms with Gasteiger partial charge in [-0.25, -0.2) is 49.3 Å². The summed E-state index contributed by atoms with van der Waals surface area (Å²) in [5.41, 5.74) is 7.41. The van der Waals surface area contributed by atoms with E-state index in [0.29, 0.717) is 16.7 Å². The van der Waals surface area contributed by atoms with Gasteiger partial charge >= 0.3 is 30.0 Å². The maximum absolute atomic E-state index is 13.6. The summed E-state index contributed by atoms with van der Waals surface area (Å²) in [7, 11) is 0. The molecule has 0 bridgehead atoms. The Morgan fingerprint density at radius 3 is 2.36 bits per heavy atom. The number of phenols is 2. The summed E-state index contributed by atoms with van der Waals surface area (Å²) in [6.45, 7) is 0.915. The van der Waals surface area contributed by atoms with Crippen molar-refractivity contribution in [2.24, 2.45) is 5.16 Å². The van der Waals surface area contributed by atoms with Gasteiger partial charge in [-0.1, -0.05) is 28.5 Å². The lowest BCUT2D eigenvalue weighted by Crippen LogP contribution is -2.68. The lowest BCUT2D eigenvalue weighted by molar-refractivity contribution is -0.161. The van der Waals surface area contributed by atoms with E-state index >= 15 is 0 Å². The number of β-lactam (4-membered cyclic amide) rings is 1. The van der Waals surface area contributed by atoms with E-state index in [4.69, 9.17) is 22.2 Å². The number of nitrogens with one attached hydrogen (secondary N) is 3.